The first-order chi connectivity index (χ1) is 12.8. The lowest BCUT2D eigenvalue weighted by Crippen LogP contribution is -2.57. The molecule has 4 heteroatoms. The molecule has 1 atom stereocenters. The van der Waals surface area contributed by atoms with Crippen molar-refractivity contribution in [2.45, 2.75) is 25.3 Å². The number of carbonyl (C=O) groups is 1. The van der Waals surface area contributed by atoms with Crippen LogP contribution in [0.1, 0.15) is 28.8 Å². The van der Waals surface area contributed by atoms with Crippen LogP contribution in [0.25, 0.3) is 0 Å². The third-order valence-electron chi connectivity index (χ3n) is 5.97. The van der Waals surface area contributed by atoms with Crippen LogP contribution in [0.3, 0.4) is 0 Å². The first-order valence-electron chi connectivity index (χ1n) is 9.74. The van der Waals surface area contributed by atoms with Crippen molar-refractivity contribution >= 4 is 17.3 Å². The monoisotopic (exact) mass is 347 g/mol. The fourth-order valence-corrected chi connectivity index (χ4v) is 4.33. The number of nitrogens with one attached hydrogen (secondary N) is 1. The molecule has 5 rings (SSSR count). The van der Waals surface area contributed by atoms with E-state index in [2.05, 4.69) is 27.2 Å². The predicted molar refractivity (Wildman–Crippen MR) is 105 cm³/mol. The summed E-state index contributed by atoms with van der Waals surface area (Å²) >= 11 is 0. The Balaban J connectivity index is 1.33. The predicted octanol–water partition coefficient (Wildman–Crippen LogP) is 3.40. The minimum atomic E-state index is -0.0477. The molecule has 1 aliphatic carbocycles. The molecular weight excluding hydrogens is 322 g/mol. The number of piperazine rings is 1. The van der Waals surface area contributed by atoms with Gasteiger partial charge in [-0.05, 0) is 55.0 Å². The lowest BCUT2D eigenvalue weighted by atomic mass is 9.94. The molecule has 1 N–H and O–H groups in total. The molecule has 26 heavy (non-hydrogen) atoms. The maximum Gasteiger partial charge on any atom is 0.255 e. The van der Waals surface area contributed by atoms with Gasteiger partial charge in [0.1, 0.15) is 0 Å². The van der Waals surface area contributed by atoms with Gasteiger partial charge >= 0.3 is 0 Å². The molecule has 2 aromatic carbocycles. The highest BCUT2D eigenvalue weighted by molar-refractivity contribution is 6.04. The molecule has 2 aliphatic heterocycles. The molecule has 134 valence electrons. The zero-order valence-corrected chi connectivity index (χ0v) is 15.0. The van der Waals surface area contributed by atoms with Crippen LogP contribution in [0.15, 0.2) is 48.5 Å². The Morgan fingerprint density at radius 3 is 2.73 bits per heavy atom. The topological polar surface area (TPSA) is 35.6 Å². The summed E-state index contributed by atoms with van der Waals surface area (Å²) in [5, 5.41) is 3.05. The van der Waals surface area contributed by atoms with Gasteiger partial charge in [-0.3, -0.25) is 9.69 Å². The molecule has 2 aromatic rings. The van der Waals surface area contributed by atoms with Gasteiger partial charge in [0.25, 0.3) is 5.91 Å². The highest BCUT2D eigenvalue weighted by Gasteiger charge is 2.35. The van der Waals surface area contributed by atoms with Gasteiger partial charge in [0, 0.05) is 49.2 Å². The van der Waals surface area contributed by atoms with Crippen molar-refractivity contribution in [3.05, 3.63) is 59.7 Å². The number of anilines is 2. The minimum absolute atomic E-state index is 0.0477. The number of hydrogen-bond acceptors (Lipinski definition) is 3. The van der Waals surface area contributed by atoms with Gasteiger partial charge in [-0.1, -0.05) is 24.3 Å². The SMILES string of the molecule is O=C(Nc1ccc2c(c1)N1CCN(CC3CC3)C(C2)C1)c1ccccc1. The molecule has 1 unspecified atom stereocenters. The minimum Gasteiger partial charge on any atom is -0.368 e. The van der Waals surface area contributed by atoms with Crippen molar-refractivity contribution in [3.63, 3.8) is 0 Å². The van der Waals surface area contributed by atoms with Crippen LogP contribution in [0.2, 0.25) is 0 Å². The first kappa shape index (κ1) is 15.9. The molecule has 2 fully saturated rings. The van der Waals surface area contributed by atoms with E-state index in [1.165, 1.54) is 37.2 Å². The van der Waals surface area contributed by atoms with E-state index in [-0.39, 0.29) is 5.91 Å². The lowest BCUT2D eigenvalue weighted by Gasteiger charge is -2.47. The Labute approximate surface area is 154 Å². The van der Waals surface area contributed by atoms with E-state index >= 15 is 0 Å². The highest BCUT2D eigenvalue weighted by atomic mass is 16.1. The highest BCUT2D eigenvalue weighted by Crippen LogP contribution is 2.36. The van der Waals surface area contributed by atoms with E-state index in [9.17, 15) is 4.79 Å². The summed E-state index contributed by atoms with van der Waals surface area (Å²) in [5.74, 6) is 0.909. The van der Waals surface area contributed by atoms with E-state index in [1.54, 1.807) is 0 Å². The maximum absolute atomic E-state index is 12.4. The second-order valence-electron chi connectivity index (χ2n) is 7.91. The van der Waals surface area contributed by atoms with Crippen LogP contribution in [-0.4, -0.2) is 43.0 Å². The third-order valence-corrected chi connectivity index (χ3v) is 5.97. The van der Waals surface area contributed by atoms with Gasteiger partial charge in [-0.15, -0.1) is 0 Å². The molecular formula is C22H25N3O. The van der Waals surface area contributed by atoms with Crippen molar-refractivity contribution in [2.75, 3.05) is 36.4 Å². The van der Waals surface area contributed by atoms with Crippen LogP contribution >= 0.6 is 0 Å². The number of benzene rings is 2. The summed E-state index contributed by atoms with van der Waals surface area (Å²) in [5.41, 5.74) is 4.30. The van der Waals surface area contributed by atoms with Crippen LogP contribution in [0.4, 0.5) is 11.4 Å². The van der Waals surface area contributed by atoms with Crippen molar-refractivity contribution < 1.29 is 4.79 Å². The standard InChI is InChI=1S/C22H25N3O/c26-22(17-4-2-1-3-5-17)23-19-9-8-18-12-20-15-25(21(18)13-19)11-10-24(20)14-16-6-7-16/h1-5,8-9,13,16,20H,6-7,10-12,14-15H2,(H,23,26). The molecule has 2 heterocycles. The zero-order chi connectivity index (χ0) is 17.5. The summed E-state index contributed by atoms with van der Waals surface area (Å²) in [6.45, 7) is 4.67. The molecule has 1 saturated carbocycles. The molecule has 4 nitrogen and oxygen atoms in total. The average molecular weight is 347 g/mol. The first-order valence-corrected chi connectivity index (χ1v) is 9.74. The third kappa shape index (κ3) is 3.10. The largest absolute Gasteiger partial charge is 0.368 e. The molecule has 0 radical (unpaired) electrons. The van der Waals surface area contributed by atoms with E-state index < -0.39 is 0 Å². The summed E-state index contributed by atoms with van der Waals surface area (Å²) < 4.78 is 0. The van der Waals surface area contributed by atoms with Crippen LogP contribution in [0.5, 0.6) is 0 Å². The summed E-state index contributed by atoms with van der Waals surface area (Å²) in [4.78, 5) is 17.6. The summed E-state index contributed by atoms with van der Waals surface area (Å²) in [6, 6.07) is 16.5. The van der Waals surface area contributed by atoms with E-state index in [1.807, 2.05) is 36.4 Å². The van der Waals surface area contributed by atoms with Crippen LogP contribution < -0.4 is 10.2 Å². The Morgan fingerprint density at radius 1 is 1.08 bits per heavy atom. The molecule has 1 amide bonds. The van der Waals surface area contributed by atoms with E-state index in [4.69, 9.17) is 0 Å². The second kappa shape index (κ2) is 6.44. The number of rotatable bonds is 4. The van der Waals surface area contributed by atoms with Crippen molar-refractivity contribution in [2.24, 2.45) is 5.92 Å². The summed E-state index contributed by atoms with van der Waals surface area (Å²) in [7, 11) is 0. The Hall–Kier alpha value is -2.33. The summed E-state index contributed by atoms with van der Waals surface area (Å²) in [6.07, 6.45) is 3.98. The molecule has 0 spiro atoms. The van der Waals surface area contributed by atoms with Crippen LogP contribution in [-0.2, 0) is 6.42 Å². The van der Waals surface area contributed by atoms with Gasteiger partial charge in [0.15, 0.2) is 0 Å². The van der Waals surface area contributed by atoms with Gasteiger partial charge in [0.05, 0.1) is 0 Å². The fourth-order valence-electron chi connectivity index (χ4n) is 4.33. The average Bonchev–Trinajstić information content (AvgIpc) is 3.49. The number of amides is 1. The smallest absolute Gasteiger partial charge is 0.255 e. The van der Waals surface area contributed by atoms with Gasteiger partial charge in [0.2, 0.25) is 0 Å². The van der Waals surface area contributed by atoms with Gasteiger partial charge < -0.3 is 10.2 Å². The van der Waals surface area contributed by atoms with Crippen molar-refractivity contribution in [3.8, 4) is 0 Å². The molecule has 1 saturated heterocycles. The Bertz CT molecular complexity index is 815. The molecule has 2 bridgehead atoms. The Morgan fingerprint density at radius 2 is 1.92 bits per heavy atom. The quantitative estimate of drug-likeness (QED) is 0.921. The molecule has 3 aliphatic rings. The Kier molecular flexibility index (Phi) is 3.93. The lowest BCUT2D eigenvalue weighted by molar-refractivity contribution is 0.102. The number of nitrogens with zero attached hydrogens (tertiary/aromatic N) is 2. The number of fused-ring (bicyclic) bond motifs is 4. The van der Waals surface area contributed by atoms with Crippen LogP contribution in [0, 0.1) is 5.92 Å². The fraction of sp³-hybridized carbons (Fsp3) is 0.409. The zero-order valence-electron chi connectivity index (χ0n) is 15.0. The number of carbonyl (C=O) groups excluding carboxylic acids is 1. The van der Waals surface area contributed by atoms with Crippen molar-refractivity contribution in [1.82, 2.24) is 4.90 Å². The molecule has 0 aromatic heterocycles. The van der Waals surface area contributed by atoms with E-state index in [0.29, 0.717) is 11.6 Å². The normalized spacial score (nSPS) is 22.0. The number of hydrogen-bond donors (Lipinski definition) is 1. The van der Waals surface area contributed by atoms with Crippen molar-refractivity contribution in [1.29, 1.82) is 0 Å². The van der Waals surface area contributed by atoms with E-state index in [0.717, 1.165) is 31.1 Å². The maximum atomic E-state index is 12.4. The van der Waals surface area contributed by atoms with Gasteiger partial charge in [-0.2, -0.15) is 0 Å². The van der Waals surface area contributed by atoms with Gasteiger partial charge in [-0.25, -0.2) is 0 Å². The second-order valence-corrected chi connectivity index (χ2v) is 7.91.